The minimum atomic E-state index is -4.10. The highest BCUT2D eigenvalue weighted by atomic mass is 31.2. The third-order valence-electron chi connectivity index (χ3n) is 6.74. The number of ether oxygens (including phenoxy) is 1. The van der Waals surface area contributed by atoms with Gasteiger partial charge in [0.05, 0.1) is 17.6 Å². The molecule has 0 atom stereocenters. The van der Waals surface area contributed by atoms with Crippen LogP contribution in [0.1, 0.15) is 120 Å². The number of carbonyl (C=O) groups excluding carboxylic acids is 1. The Hall–Kier alpha value is -1.18. The Labute approximate surface area is 252 Å². The second kappa shape index (κ2) is 12.8. The fourth-order valence-electron chi connectivity index (χ4n) is 4.09. The summed E-state index contributed by atoms with van der Waals surface area (Å²) in [5.41, 5.74) is -0.352. The second-order valence-corrected chi connectivity index (χ2v) is 22.5. The van der Waals surface area contributed by atoms with Crippen LogP contribution in [0, 0.1) is 6.92 Å². The monoisotopic (exact) mass is 614 g/mol. The van der Waals surface area contributed by atoms with E-state index in [1.54, 1.807) is 0 Å². The van der Waals surface area contributed by atoms with Crippen molar-refractivity contribution in [1.82, 2.24) is 0 Å². The summed E-state index contributed by atoms with van der Waals surface area (Å²) in [4.78, 5) is 13.1. The molecule has 0 saturated heterocycles. The number of rotatable bonds is 11. The average Bonchev–Trinajstić information content (AvgIpc) is 2.60. The zero-order valence-corrected chi connectivity index (χ0v) is 31.0. The third kappa shape index (κ3) is 12.9. The molecule has 0 spiro atoms. The third-order valence-corrected chi connectivity index (χ3v) is 13.2. The maximum absolute atomic E-state index is 14.2. The zero-order chi connectivity index (χ0) is 32.5. The number of esters is 1. The van der Waals surface area contributed by atoms with Crippen LogP contribution in [0.5, 0.6) is 5.75 Å². The average molecular weight is 615 g/mol. The molecule has 0 heterocycles. The molecule has 1 aromatic carbocycles. The molecule has 0 radical (unpaired) electrons. The van der Waals surface area contributed by atoms with Crippen molar-refractivity contribution in [2.75, 3.05) is 6.61 Å². The first-order chi connectivity index (χ1) is 18.0. The van der Waals surface area contributed by atoms with E-state index in [1.807, 2.05) is 81.4 Å². The smallest absolute Gasteiger partial charge is 0.460 e. The number of benzene rings is 1. The van der Waals surface area contributed by atoms with Crippen LogP contribution in [0.15, 0.2) is 12.1 Å². The molecule has 0 aliphatic heterocycles. The first-order valence-electron chi connectivity index (χ1n) is 14.7. The predicted octanol–water partition coefficient (Wildman–Crippen LogP) is 9.69. The van der Waals surface area contributed by atoms with Gasteiger partial charge in [-0.2, -0.15) is 0 Å². The van der Waals surface area contributed by atoms with Crippen molar-refractivity contribution < 1.29 is 32.1 Å². The summed E-state index contributed by atoms with van der Waals surface area (Å²) < 4.78 is 44.7. The number of phosphoric acid groups is 1. The Morgan fingerprint density at radius 1 is 0.805 bits per heavy atom. The molecular weight excluding hydrogens is 555 g/mol. The standard InChI is InChI=1S/C32H59O7PSi/c1-23-20-24(22-26(33)36-28(2,3)4)27(32(14,15)18-19-35-41(16,17)31(11,12)13)25(21-23)37-40(34,38-29(5,6)7)39-30(8,9)10/h20-21H,18-19,22H2,1-17H3. The number of hydrogen-bond donors (Lipinski definition) is 0. The van der Waals surface area contributed by atoms with Crippen LogP contribution in [0.2, 0.25) is 18.1 Å². The molecule has 0 aromatic heterocycles. The summed E-state index contributed by atoms with van der Waals surface area (Å²) in [5, 5.41) is 0.0817. The second-order valence-electron chi connectivity index (χ2n) is 16.2. The summed E-state index contributed by atoms with van der Waals surface area (Å²) in [6, 6.07) is 3.82. The largest absolute Gasteiger partial charge is 0.531 e. The molecule has 9 heteroatoms. The summed E-state index contributed by atoms with van der Waals surface area (Å²) in [6.45, 7) is 34.2. The molecule has 41 heavy (non-hydrogen) atoms. The summed E-state index contributed by atoms with van der Waals surface area (Å²) in [5.74, 6) is 0.0291. The van der Waals surface area contributed by atoms with Crippen LogP contribution in [-0.2, 0) is 39.4 Å². The quantitative estimate of drug-likeness (QED) is 0.139. The molecule has 7 nitrogen and oxygen atoms in total. The Bertz CT molecular complexity index is 1080. The van der Waals surface area contributed by atoms with E-state index in [1.165, 1.54) is 0 Å². The molecule has 0 saturated carbocycles. The fourth-order valence-corrected chi connectivity index (χ4v) is 6.97. The van der Waals surface area contributed by atoms with Gasteiger partial charge in [-0.1, -0.05) is 40.7 Å². The normalized spacial score (nSPS) is 14.3. The van der Waals surface area contributed by atoms with Crippen molar-refractivity contribution in [2.45, 2.75) is 157 Å². The molecular formula is C32H59O7PSi. The molecule has 0 aliphatic rings. The maximum atomic E-state index is 14.2. The van der Waals surface area contributed by atoms with Crippen LogP contribution < -0.4 is 4.52 Å². The van der Waals surface area contributed by atoms with E-state index in [0.29, 0.717) is 18.8 Å². The van der Waals surface area contributed by atoms with Gasteiger partial charge in [-0.05, 0) is 116 Å². The molecule has 1 rings (SSSR count). The molecule has 0 unspecified atom stereocenters. The number of carbonyl (C=O) groups is 1. The van der Waals surface area contributed by atoms with Gasteiger partial charge in [0.2, 0.25) is 0 Å². The van der Waals surface area contributed by atoms with Crippen LogP contribution in [0.3, 0.4) is 0 Å². The van der Waals surface area contributed by atoms with Gasteiger partial charge < -0.3 is 13.7 Å². The van der Waals surface area contributed by atoms with E-state index >= 15 is 0 Å². The highest BCUT2D eigenvalue weighted by Gasteiger charge is 2.42. The summed E-state index contributed by atoms with van der Waals surface area (Å²) in [7, 11) is -6.08. The van der Waals surface area contributed by atoms with E-state index in [0.717, 1.165) is 16.7 Å². The van der Waals surface area contributed by atoms with Gasteiger partial charge >= 0.3 is 13.8 Å². The van der Waals surface area contributed by atoms with Crippen LogP contribution >= 0.6 is 7.82 Å². The van der Waals surface area contributed by atoms with Gasteiger partial charge in [0, 0.05) is 12.2 Å². The maximum Gasteiger partial charge on any atom is 0.531 e. The van der Waals surface area contributed by atoms with Gasteiger partial charge in [0.15, 0.2) is 8.32 Å². The van der Waals surface area contributed by atoms with Crippen LogP contribution in [-0.4, -0.2) is 37.7 Å². The number of phosphoric ester groups is 1. The Morgan fingerprint density at radius 3 is 1.71 bits per heavy atom. The van der Waals surface area contributed by atoms with Crippen molar-refractivity contribution in [3.05, 3.63) is 28.8 Å². The van der Waals surface area contributed by atoms with Crippen LogP contribution in [0.4, 0.5) is 0 Å². The first-order valence-corrected chi connectivity index (χ1v) is 19.0. The lowest BCUT2D eigenvalue weighted by atomic mass is 9.77. The lowest BCUT2D eigenvalue weighted by Crippen LogP contribution is -2.41. The summed E-state index contributed by atoms with van der Waals surface area (Å²) in [6.07, 6.45) is 0.701. The molecule has 0 N–H and O–H groups in total. The molecule has 0 fully saturated rings. The fraction of sp³-hybridized carbons (Fsp3) is 0.781. The Balaban J connectivity index is 3.73. The van der Waals surface area contributed by atoms with E-state index in [9.17, 15) is 9.36 Å². The van der Waals surface area contributed by atoms with Crippen LogP contribution in [0.25, 0.3) is 0 Å². The van der Waals surface area contributed by atoms with Gasteiger partial charge in [-0.25, -0.2) is 4.57 Å². The van der Waals surface area contributed by atoms with E-state index < -0.39 is 38.4 Å². The molecule has 0 aliphatic carbocycles. The molecule has 238 valence electrons. The Morgan fingerprint density at radius 2 is 1.29 bits per heavy atom. The van der Waals surface area contributed by atoms with E-state index in [2.05, 4.69) is 47.7 Å². The minimum absolute atomic E-state index is 0.0434. The highest BCUT2D eigenvalue weighted by Crippen LogP contribution is 2.57. The van der Waals surface area contributed by atoms with Crippen molar-refractivity contribution in [3.63, 3.8) is 0 Å². The van der Waals surface area contributed by atoms with Crippen molar-refractivity contribution >= 4 is 22.1 Å². The lowest BCUT2D eigenvalue weighted by Gasteiger charge is -2.38. The SMILES string of the molecule is Cc1cc(CC(=O)OC(C)(C)C)c(C(C)(C)CCO[Si](C)(C)C(C)(C)C)c(OP(=O)(OC(C)(C)C)OC(C)(C)C)c1. The van der Waals surface area contributed by atoms with Gasteiger partial charge in [-0.15, -0.1) is 0 Å². The highest BCUT2D eigenvalue weighted by molar-refractivity contribution is 7.49. The molecule has 1 aromatic rings. The molecule has 0 bridgehead atoms. The first kappa shape index (κ1) is 37.8. The lowest BCUT2D eigenvalue weighted by molar-refractivity contribution is -0.153. The summed E-state index contributed by atoms with van der Waals surface area (Å²) >= 11 is 0. The van der Waals surface area contributed by atoms with Gasteiger partial charge in [-0.3, -0.25) is 13.8 Å². The Kier molecular flexibility index (Phi) is 11.8. The zero-order valence-electron chi connectivity index (χ0n) is 29.1. The van der Waals surface area contributed by atoms with E-state index in [4.69, 9.17) is 22.7 Å². The molecule has 0 amide bonds. The number of aryl methyl sites for hydroxylation is 1. The van der Waals surface area contributed by atoms with Crippen molar-refractivity contribution in [1.29, 1.82) is 0 Å². The number of hydrogen-bond acceptors (Lipinski definition) is 7. The minimum Gasteiger partial charge on any atom is -0.460 e. The van der Waals surface area contributed by atoms with Crippen molar-refractivity contribution in [2.24, 2.45) is 0 Å². The topological polar surface area (TPSA) is 80.3 Å². The van der Waals surface area contributed by atoms with Gasteiger partial charge in [0.25, 0.3) is 0 Å². The predicted molar refractivity (Wildman–Crippen MR) is 171 cm³/mol. The van der Waals surface area contributed by atoms with Crippen molar-refractivity contribution in [3.8, 4) is 5.75 Å². The van der Waals surface area contributed by atoms with Gasteiger partial charge in [0.1, 0.15) is 11.4 Å². The van der Waals surface area contributed by atoms with E-state index in [-0.39, 0.29) is 17.4 Å².